The Hall–Kier alpha value is -3.62. The summed E-state index contributed by atoms with van der Waals surface area (Å²) in [4.78, 5) is 28.2. The molecule has 2 aromatic carbocycles. The van der Waals surface area contributed by atoms with Gasteiger partial charge in [0.25, 0.3) is 0 Å². The van der Waals surface area contributed by atoms with Crippen LogP contribution in [0.3, 0.4) is 0 Å². The molecule has 1 aliphatic heterocycles. The number of benzene rings is 2. The van der Waals surface area contributed by atoms with Crippen LogP contribution in [-0.4, -0.2) is 72.0 Å². The van der Waals surface area contributed by atoms with Gasteiger partial charge in [0.05, 0.1) is 25.7 Å². The molecule has 3 N–H and O–H groups in total. The second-order valence-corrected chi connectivity index (χ2v) is 9.12. The number of methoxy groups -OCH3 is 1. The minimum atomic E-state index is -1.06. The lowest BCUT2D eigenvalue weighted by molar-refractivity contribution is -0.132. The zero-order valence-electron chi connectivity index (χ0n) is 21.2. The van der Waals surface area contributed by atoms with Gasteiger partial charge < -0.3 is 29.9 Å². The minimum absolute atomic E-state index is 0.0982. The standard InChI is InChI=1S/C29H34N2O6/c1-3-4-12-25(33)31(15-13-19-8-7-9-20(17-19)36-2)23-18-22(29(35)30-14-16-32)26-21-10-5-6-11-24(21)37-28(26)27(23)34/h4-12,17-18,23,26-28,32,34H,3,13-16H2,1-2H3,(H,30,35)/t23-,26+,27+,28+/m1/s1. The second kappa shape index (κ2) is 12.1. The summed E-state index contributed by atoms with van der Waals surface area (Å²) in [6.45, 7) is 2.16. The van der Waals surface area contributed by atoms with Gasteiger partial charge in [-0.05, 0) is 48.8 Å². The number of hydrogen-bond donors (Lipinski definition) is 3. The molecule has 196 valence electrons. The molecule has 0 bridgehead atoms. The van der Waals surface area contributed by atoms with Gasteiger partial charge in [0.2, 0.25) is 11.8 Å². The third-order valence-electron chi connectivity index (χ3n) is 6.79. The van der Waals surface area contributed by atoms with E-state index in [1.807, 2.05) is 55.5 Å². The highest BCUT2D eigenvalue weighted by Gasteiger charge is 2.50. The van der Waals surface area contributed by atoms with Crippen molar-refractivity contribution in [3.8, 4) is 11.5 Å². The number of aliphatic hydroxyl groups excluding tert-OH is 2. The van der Waals surface area contributed by atoms with Crippen LogP contribution in [0, 0.1) is 0 Å². The Morgan fingerprint density at radius 2 is 2.00 bits per heavy atom. The third kappa shape index (κ3) is 5.70. The molecule has 2 amide bonds. The van der Waals surface area contributed by atoms with Gasteiger partial charge in [-0.25, -0.2) is 0 Å². The number of fused-ring (bicyclic) bond motifs is 3. The Labute approximate surface area is 217 Å². The molecule has 0 radical (unpaired) electrons. The maximum atomic E-state index is 13.3. The highest BCUT2D eigenvalue weighted by molar-refractivity contribution is 5.96. The monoisotopic (exact) mass is 506 g/mol. The first-order valence-corrected chi connectivity index (χ1v) is 12.6. The van der Waals surface area contributed by atoms with Crippen molar-refractivity contribution in [3.63, 3.8) is 0 Å². The van der Waals surface area contributed by atoms with Gasteiger partial charge in [-0.2, -0.15) is 0 Å². The second-order valence-electron chi connectivity index (χ2n) is 9.12. The number of carbonyl (C=O) groups excluding carboxylic acids is 2. The van der Waals surface area contributed by atoms with Crippen LogP contribution >= 0.6 is 0 Å². The van der Waals surface area contributed by atoms with Gasteiger partial charge in [-0.15, -0.1) is 0 Å². The molecule has 1 aliphatic carbocycles. The van der Waals surface area contributed by atoms with E-state index in [-0.39, 0.29) is 25.0 Å². The Bertz CT molecular complexity index is 1180. The van der Waals surface area contributed by atoms with Crippen molar-refractivity contribution >= 4 is 11.8 Å². The summed E-state index contributed by atoms with van der Waals surface area (Å²) in [5.41, 5.74) is 2.21. The predicted molar refractivity (Wildman–Crippen MR) is 139 cm³/mol. The Kier molecular flexibility index (Phi) is 8.63. The highest BCUT2D eigenvalue weighted by Crippen LogP contribution is 2.47. The lowest BCUT2D eigenvalue weighted by Crippen LogP contribution is -2.56. The van der Waals surface area contributed by atoms with Crippen molar-refractivity contribution in [1.29, 1.82) is 0 Å². The van der Waals surface area contributed by atoms with E-state index in [9.17, 15) is 19.8 Å². The molecule has 8 heteroatoms. The van der Waals surface area contributed by atoms with E-state index in [0.29, 0.717) is 30.7 Å². The first-order valence-electron chi connectivity index (χ1n) is 12.6. The molecular weight excluding hydrogens is 472 g/mol. The molecule has 37 heavy (non-hydrogen) atoms. The molecule has 0 unspecified atom stereocenters. The molecule has 8 nitrogen and oxygen atoms in total. The summed E-state index contributed by atoms with van der Waals surface area (Å²) < 4.78 is 11.5. The van der Waals surface area contributed by atoms with Gasteiger partial charge in [0.15, 0.2) is 0 Å². The summed E-state index contributed by atoms with van der Waals surface area (Å²) >= 11 is 0. The van der Waals surface area contributed by atoms with E-state index in [1.165, 1.54) is 6.08 Å². The Morgan fingerprint density at radius 3 is 2.76 bits per heavy atom. The first kappa shape index (κ1) is 26.4. The number of ether oxygens (including phenoxy) is 2. The maximum absolute atomic E-state index is 13.3. The van der Waals surface area contributed by atoms with E-state index in [0.717, 1.165) is 16.9 Å². The largest absolute Gasteiger partial charge is 0.497 e. The average Bonchev–Trinajstić information content (AvgIpc) is 3.32. The zero-order chi connectivity index (χ0) is 26.4. The number of para-hydroxylation sites is 1. The number of allylic oxidation sites excluding steroid dienone is 1. The molecule has 4 rings (SSSR count). The summed E-state index contributed by atoms with van der Waals surface area (Å²) in [6, 6.07) is 14.2. The third-order valence-corrected chi connectivity index (χ3v) is 6.79. The van der Waals surface area contributed by atoms with E-state index < -0.39 is 24.2 Å². The molecule has 2 aliphatic rings. The SMILES string of the molecule is CCC=CC(=O)N(CCc1cccc(OC)c1)[C@@H]1C=C(C(=O)NCCO)[C@@H]2c3ccccc3O[C@@H]2[C@H]1O. The predicted octanol–water partition coefficient (Wildman–Crippen LogP) is 2.36. The number of carbonyl (C=O) groups is 2. The summed E-state index contributed by atoms with van der Waals surface area (Å²) in [7, 11) is 1.60. The summed E-state index contributed by atoms with van der Waals surface area (Å²) in [5.74, 6) is 0.238. The lowest BCUT2D eigenvalue weighted by Gasteiger charge is -2.40. The van der Waals surface area contributed by atoms with E-state index >= 15 is 0 Å². The van der Waals surface area contributed by atoms with Gasteiger partial charge >= 0.3 is 0 Å². The van der Waals surface area contributed by atoms with Crippen LogP contribution in [0.25, 0.3) is 0 Å². The minimum Gasteiger partial charge on any atom is -0.497 e. The van der Waals surface area contributed by atoms with Crippen LogP contribution in [0.2, 0.25) is 0 Å². The molecule has 2 aromatic rings. The van der Waals surface area contributed by atoms with Crippen LogP contribution in [0.5, 0.6) is 11.5 Å². The summed E-state index contributed by atoms with van der Waals surface area (Å²) in [6.07, 6.45) is 4.40. The van der Waals surface area contributed by atoms with Crippen molar-refractivity contribution < 1.29 is 29.3 Å². The number of aliphatic hydroxyl groups is 2. The van der Waals surface area contributed by atoms with Crippen molar-refractivity contribution in [2.24, 2.45) is 0 Å². The number of hydrogen-bond acceptors (Lipinski definition) is 6. The highest BCUT2D eigenvalue weighted by atomic mass is 16.5. The molecular formula is C29H34N2O6. The van der Waals surface area contributed by atoms with Crippen molar-refractivity contribution in [1.82, 2.24) is 10.2 Å². The Balaban J connectivity index is 1.70. The molecule has 0 spiro atoms. The molecule has 4 atom stereocenters. The molecule has 1 heterocycles. The maximum Gasteiger partial charge on any atom is 0.247 e. The van der Waals surface area contributed by atoms with Crippen LogP contribution < -0.4 is 14.8 Å². The van der Waals surface area contributed by atoms with E-state index in [4.69, 9.17) is 9.47 Å². The van der Waals surface area contributed by atoms with Gasteiger partial charge in [0, 0.05) is 24.2 Å². The fraction of sp³-hybridized carbons (Fsp3) is 0.379. The van der Waals surface area contributed by atoms with Crippen molar-refractivity contribution in [2.45, 2.75) is 43.9 Å². The quantitative estimate of drug-likeness (QED) is 0.427. The molecule has 0 fully saturated rings. The van der Waals surface area contributed by atoms with Crippen molar-refractivity contribution in [3.05, 3.63) is 83.5 Å². The van der Waals surface area contributed by atoms with Gasteiger partial charge in [0.1, 0.15) is 23.7 Å². The molecule has 0 aromatic heterocycles. The average molecular weight is 507 g/mol. The van der Waals surface area contributed by atoms with Crippen LogP contribution in [0.4, 0.5) is 0 Å². The molecule has 0 saturated carbocycles. The topological polar surface area (TPSA) is 108 Å². The fourth-order valence-electron chi connectivity index (χ4n) is 4.99. The number of rotatable bonds is 10. The van der Waals surface area contributed by atoms with E-state index in [2.05, 4.69) is 5.32 Å². The van der Waals surface area contributed by atoms with Crippen LogP contribution in [0.15, 0.2) is 72.3 Å². The number of nitrogens with one attached hydrogen (secondary N) is 1. The lowest BCUT2D eigenvalue weighted by atomic mass is 9.77. The zero-order valence-corrected chi connectivity index (χ0v) is 21.2. The number of nitrogens with zero attached hydrogens (tertiary/aromatic N) is 1. The van der Waals surface area contributed by atoms with Crippen LogP contribution in [0.1, 0.15) is 30.4 Å². The normalized spacial score (nSPS) is 22.0. The van der Waals surface area contributed by atoms with E-state index in [1.54, 1.807) is 24.2 Å². The first-order chi connectivity index (χ1) is 18.0. The summed E-state index contributed by atoms with van der Waals surface area (Å²) in [5, 5.41) is 23.5. The molecule has 0 saturated heterocycles. The van der Waals surface area contributed by atoms with Crippen LogP contribution in [-0.2, 0) is 16.0 Å². The van der Waals surface area contributed by atoms with Gasteiger partial charge in [-0.3, -0.25) is 9.59 Å². The number of amides is 2. The van der Waals surface area contributed by atoms with Gasteiger partial charge in [-0.1, -0.05) is 43.3 Å². The van der Waals surface area contributed by atoms with Crippen molar-refractivity contribution in [2.75, 3.05) is 26.8 Å². The smallest absolute Gasteiger partial charge is 0.247 e. The Morgan fingerprint density at radius 1 is 1.19 bits per heavy atom. The fourth-order valence-corrected chi connectivity index (χ4v) is 4.99.